The molecule has 5 nitrogen and oxygen atoms in total. The van der Waals surface area contributed by atoms with E-state index in [0.29, 0.717) is 11.3 Å². The summed E-state index contributed by atoms with van der Waals surface area (Å²) in [4.78, 5) is 13.6. The number of carbonyl (C=O) groups excluding carboxylic acids is 1. The summed E-state index contributed by atoms with van der Waals surface area (Å²) in [6, 6.07) is 11.7. The van der Waals surface area contributed by atoms with Crippen molar-refractivity contribution in [3.05, 3.63) is 64.6 Å². The number of para-hydroxylation sites is 2. The first-order chi connectivity index (χ1) is 11.7. The average Bonchev–Trinajstić information content (AvgIpc) is 3.26. The molecule has 24 heavy (non-hydrogen) atoms. The fraction of sp³-hybridized carbons (Fsp3) is 0.222. The highest BCUT2D eigenvalue weighted by atomic mass is 32.1. The second-order valence-corrected chi connectivity index (χ2v) is 6.54. The molecule has 1 aromatic carbocycles. The summed E-state index contributed by atoms with van der Waals surface area (Å²) in [5.74, 6) is 0.582. The number of thiophene rings is 1. The van der Waals surface area contributed by atoms with E-state index in [-0.39, 0.29) is 11.9 Å². The van der Waals surface area contributed by atoms with Crippen LogP contribution in [0.3, 0.4) is 0 Å². The zero-order valence-electron chi connectivity index (χ0n) is 13.6. The molecular weight excluding hydrogens is 322 g/mol. The lowest BCUT2D eigenvalue weighted by atomic mass is 10.2. The van der Waals surface area contributed by atoms with Gasteiger partial charge in [0.05, 0.1) is 18.9 Å². The van der Waals surface area contributed by atoms with Gasteiger partial charge in [0.15, 0.2) is 0 Å². The van der Waals surface area contributed by atoms with E-state index in [1.54, 1.807) is 35.5 Å². The number of benzene rings is 1. The Bertz CT molecular complexity index is 811. The van der Waals surface area contributed by atoms with Gasteiger partial charge in [-0.25, -0.2) is 4.68 Å². The molecule has 1 atom stereocenters. The van der Waals surface area contributed by atoms with Crippen molar-refractivity contribution in [3.63, 3.8) is 0 Å². The van der Waals surface area contributed by atoms with Crippen LogP contribution in [0.25, 0.3) is 5.69 Å². The molecule has 0 bridgehead atoms. The van der Waals surface area contributed by atoms with Crippen LogP contribution in [0.5, 0.6) is 5.75 Å². The Morgan fingerprint density at radius 1 is 1.33 bits per heavy atom. The zero-order chi connectivity index (χ0) is 16.9. The van der Waals surface area contributed by atoms with Gasteiger partial charge in [0, 0.05) is 23.5 Å². The number of ether oxygens (including phenoxy) is 1. The van der Waals surface area contributed by atoms with Gasteiger partial charge in [0.25, 0.3) is 5.91 Å². The number of hydrogen-bond donors (Lipinski definition) is 1. The summed E-state index contributed by atoms with van der Waals surface area (Å²) in [6.45, 7) is 2.00. The van der Waals surface area contributed by atoms with Crippen LogP contribution < -0.4 is 10.1 Å². The lowest BCUT2D eigenvalue weighted by Crippen LogP contribution is -2.33. The maximum atomic E-state index is 12.4. The van der Waals surface area contributed by atoms with Gasteiger partial charge in [0.1, 0.15) is 11.4 Å². The highest BCUT2D eigenvalue weighted by molar-refractivity contribution is 7.09. The number of hydrogen-bond acceptors (Lipinski definition) is 4. The fourth-order valence-corrected chi connectivity index (χ4v) is 3.31. The van der Waals surface area contributed by atoms with Crippen molar-refractivity contribution in [1.82, 2.24) is 15.1 Å². The molecule has 0 unspecified atom stereocenters. The van der Waals surface area contributed by atoms with Gasteiger partial charge in [-0.05, 0) is 30.5 Å². The second kappa shape index (κ2) is 7.31. The standard InChI is InChI=1S/C18H19N3O2S/c1-13(10-15-6-5-9-24-15)20-18(22)14-11-19-21(12-14)16-7-3-4-8-17(16)23-2/h3-9,11-13H,10H2,1-2H3,(H,20,22)/t13-/m1/s1. The van der Waals surface area contributed by atoms with Crippen molar-refractivity contribution >= 4 is 17.2 Å². The van der Waals surface area contributed by atoms with Crippen LogP contribution >= 0.6 is 11.3 Å². The molecule has 0 spiro atoms. The van der Waals surface area contributed by atoms with Crippen molar-refractivity contribution < 1.29 is 9.53 Å². The van der Waals surface area contributed by atoms with E-state index in [2.05, 4.69) is 16.5 Å². The van der Waals surface area contributed by atoms with Crippen LogP contribution in [0.2, 0.25) is 0 Å². The highest BCUT2D eigenvalue weighted by Crippen LogP contribution is 2.21. The van der Waals surface area contributed by atoms with Gasteiger partial charge in [-0.1, -0.05) is 18.2 Å². The molecule has 3 rings (SSSR count). The molecule has 0 aliphatic rings. The van der Waals surface area contributed by atoms with Crippen LogP contribution in [0.15, 0.2) is 54.2 Å². The molecule has 2 heterocycles. The zero-order valence-corrected chi connectivity index (χ0v) is 14.4. The van der Waals surface area contributed by atoms with E-state index >= 15 is 0 Å². The Balaban J connectivity index is 1.69. The highest BCUT2D eigenvalue weighted by Gasteiger charge is 2.14. The summed E-state index contributed by atoms with van der Waals surface area (Å²) < 4.78 is 6.98. The Morgan fingerprint density at radius 3 is 2.92 bits per heavy atom. The quantitative estimate of drug-likeness (QED) is 0.748. The summed E-state index contributed by atoms with van der Waals surface area (Å²) >= 11 is 1.70. The summed E-state index contributed by atoms with van der Waals surface area (Å²) in [7, 11) is 1.61. The minimum atomic E-state index is -0.125. The van der Waals surface area contributed by atoms with Crippen LogP contribution in [0, 0.1) is 0 Å². The van der Waals surface area contributed by atoms with E-state index in [0.717, 1.165) is 12.1 Å². The molecular formula is C18H19N3O2S. The lowest BCUT2D eigenvalue weighted by molar-refractivity contribution is 0.0940. The van der Waals surface area contributed by atoms with Gasteiger partial charge in [-0.15, -0.1) is 11.3 Å². The van der Waals surface area contributed by atoms with Crippen molar-refractivity contribution in [2.24, 2.45) is 0 Å². The van der Waals surface area contributed by atoms with Crippen LogP contribution in [0.4, 0.5) is 0 Å². The normalized spacial score (nSPS) is 11.9. The first kappa shape index (κ1) is 16.3. The smallest absolute Gasteiger partial charge is 0.254 e. The summed E-state index contributed by atoms with van der Waals surface area (Å²) in [5, 5.41) is 9.33. The van der Waals surface area contributed by atoms with Crippen LogP contribution in [-0.2, 0) is 6.42 Å². The molecule has 3 aromatic rings. The van der Waals surface area contributed by atoms with Crippen molar-refractivity contribution in [2.75, 3.05) is 7.11 Å². The molecule has 0 saturated carbocycles. The number of carbonyl (C=O) groups is 1. The summed E-state index contributed by atoms with van der Waals surface area (Å²) in [5.41, 5.74) is 1.32. The third kappa shape index (κ3) is 3.65. The third-order valence-electron chi connectivity index (χ3n) is 3.64. The lowest BCUT2D eigenvalue weighted by Gasteiger charge is -2.12. The first-order valence-electron chi connectivity index (χ1n) is 7.68. The van der Waals surface area contributed by atoms with E-state index in [9.17, 15) is 4.79 Å². The summed E-state index contributed by atoms with van der Waals surface area (Å²) in [6.07, 6.45) is 4.11. The predicted molar refractivity (Wildman–Crippen MR) is 95.1 cm³/mol. The van der Waals surface area contributed by atoms with Gasteiger partial charge in [-0.3, -0.25) is 4.79 Å². The largest absolute Gasteiger partial charge is 0.494 e. The van der Waals surface area contributed by atoms with Crippen molar-refractivity contribution in [1.29, 1.82) is 0 Å². The van der Waals surface area contributed by atoms with Gasteiger partial charge in [-0.2, -0.15) is 5.10 Å². The maximum Gasteiger partial charge on any atom is 0.254 e. The Hall–Kier alpha value is -2.60. The third-order valence-corrected chi connectivity index (χ3v) is 4.54. The Labute approximate surface area is 144 Å². The molecule has 0 fully saturated rings. The minimum Gasteiger partial charge on any atom is -0.494 e. The average molecular weight is 341 g/mol. The van der Waals surface area contributed by atoms with E-state index in [1.807, 2.05) is 42.6 Å². The first-order valence-corrected chi connectivity index (χ1v) is 8.56. The molecule has 124 valence electrons. The second-order valence-electron chi connectivity index (χ2n) is 5.50. The van der Waals surface area contributed by atoms with Gasteiger partial charge >= 0.3 is 0 Å². The Kier molecular flexibility index (Phi) is 4.96. The van der Waals surface area contributed by atoms with E-state index < -0.39 is 0 Å². The van der Waals surface area contributed by atoms with E-state index in [4.69, 9.17) is 4.74 Å². The van der Waals surface area contributed by atoms with Crippen LogP contribution in [0.1, 0.15) is 22.2 Å². The molecule has 2 aromatic heterocycles. The number of methoxy groups -OCH3 is 1. The molecule has 0 radical (unpaired) electrons. The molecule has 0 aliphatic carbocycles. The number of amides is 1. The predicted octanol–water partition coefficient (Wildman–Crippen LogP) is 3.30. The van der Waals surface area contributed by atoms with Gasteiger partial charge in [0.2, 0.25) is 0 Å². The van der Waals surface area contributed by atoms with Crippen molar-refractivity contribution in [2.45, 2.75) is 19.4 Å². The molecule has 0 aliphatic heterocycles. The molecule has 1 amide bonds. The molecule has 6 heteroatoms. The van der Waals surface area contributed by atoms with Crippen LogP contribution in [-0.4, -0.2) is 28.8 Å². The topological polar surface area (TPSA) is 56.1 Å². The minimum absolute atomic E-state index is 0.0609. The van der Waals surface area contributed by atoms with Gasteiger partial charge < -0.3 is 10.1 Å². The number of nitrogens with zero attached hydrogens (tertiary/aromatic N) is 2. The van der Waals surface area contributed by atoms with Crippen molar-refractivity contribution in [3.8, 4) is 11.4 Å². The molecule has 1 N–H and O–H groups in total. The fourth-order valence-electron chi connectivity index (χ4n) is 2.48. The Morgan fingerprint density at radius 2 is 2.17 bits per heavy atom. The number of aromatic nitrogens is 2. The number of rotatable bonds is 6. The monoisotopic (exact) mass is 341 g/mol. The molecule has 0 saturated heterocycles. The maximum absolute atomic E-state index is 12.4. The SMILES string of the molecule is COc1ccccc1-n1cc(C(=O)N[C@H](C)Cc2cccs2)cn1. The number of nitrogens with one attached hydrogen (secondary N) is 1. The van der Waals surface area contributed by atoms with E-state index in [1.165, 1.54) is 4.88 Å².